The van der Waals surface area contributed by atoms with Crippen LogP contribution < -0.4 is 14.8 Å². The van der Waals surface area contributed by atoms with Crippen LogP contribution in [0.4, 0.5) is 10.5 Å². The highest BCUT2D eigenvalue weighted by Gasteiger charge is 2.23. The van der Waals surface area contributed by atoms with Gasteiger partial charge in [0.2, 0.25) is 0 Å². The molecule has 0 atom stereocenters. The number of carbonyl (C=O) groups is 2. The molecule has 1 aromatic heterocycles. The van der Waals surface area contributed by atoms with Gasteiger partial charge >= 0.3 is 6.09 Å². The van der Waals surface area contributed by atoms with E-state index >= 15 is 0 Å². The number of anilines is 1. The summed E-state index contributed by atoms with van der Waals surface area (Å²) in [7, 11) is -0.674. The molecule has 228 valence electrons. The molecule has 0 bridgehead atoms. The van der Waals surface area contributed by atoms with Gasteiger partial charge < -0.3 is 14.0 Å². The lowest BCUT2D eigenvalue weighted by Crippen LogP contribution is -2.32. The third kappa shape index (κ3) is 7.56. The number of carbonyl (C=O) groups excluding carboxylic acids is 2. The Kier molecular flexibility index (Phi) is 10.1. The number of ether oxygens (including phenoxy) is 2. The zero-order valence-corrected chi connectivity index (χ0v) is 25.9. The van der Waals surface area contributed by atoms with E-state index in [1.165, 1.54) is 31.7 Å². The first-order chi connectivity index (χ1) is 20.6. The molecule has 1 saturated carbocycles. The normalized spacial score (nSPS) is 14.8. The molecule has 1 heterocycles. The number of amides is 2. The first-order valence-electron chi connectivity index (χ1n) is 14.3. The minimum absolute atomic E-state index is 0.0333. The first kappa shape index (κ1) is 31.6. The SMILES string of the molecule is C=C/C=C(\C(C)=C/C)S(=O)(=O)NC(=O)c1ccc(Cc2cn(C)c3ccc(NC(=O)OC4CCCCC4)cc23)c(OC)c1. The third-order valence-electron chi connectivity index (χ3n) is 7.68. The van der Waals surface area contributed by atoms with Crippen LogP contribution in [0.5, 0.6) is 5.75 Å². The van der Waals surface area contributed by atoms with Gasteiger partial charge in [-0.1, -0.05) is 31.2 Å². The summed E-state index contributed by atoms with van der Waals surface area (Å²) in [5, 5.41) is 3.82. The van der Waals surface area contributed by atoms with E-state index in [1.807, 2.05) is 36.0 Å². The number of hydrogen-bond donors (Lipinski definition) is 2. The fourth-order valence-electron chi connectivity index (χ4n) is 5.33. The molecule has 1 fully saturated rings. The number of aromatic nitrogens is 1. The van der Waals surface area contributed by atoms with E-state index in [1.54, 1.807) is 32.1 Å². The highest BCUT2D eigenvalue weighted by Crippen LogP contribution is 2.30. The number of benzene rings is 2. The van der Waals surface area contributed by atoms with Gasteiger partial charge in [-0.15, -0.1) is 0 Å². The number of allylic oxidation sites excluding steroid dienone is 4. The largest absolute Gasteiger partial charge is 0.496 e. The minimum atomic E-state index is -4.12. The van der Waals surface area contributed by atoms with E-state index in [4.69, 9.17) is 9.47 Å². The van der Waals surface area contributed by atoms with Gasteiger partial charge in [-0.25, -0.2) is 17.9 Å². The highest BCUT2D eigenvalue weighted by atomic mass is 32.2. The smallest absolute Gasteiger partial charge is 0.411 e. The first-order valence-corrected chi connectivity index (χ1v) is 15.8. The van der Waals surface area contributed by atoms with Crippen LogP contribution in [0, 0.1) is 0 Å². The number of hydrogen-bond acceptors (Lipinski definition) is 6. The maximum absolute atomic E-state index is 13.0. The van der Waals surface area contributed by atoms with Crippen molar-refractivity contribution in [3.8, 4) is 5.75 Å². The molecule has 3 aromatic rings. The highest BCUT2D eigenvalue weighted by molar-refractivity contribution is 7.94. The summed E-state index contributed by atoms with van der Waals surface area (Å²) in [6.45, 7) is 6.93. The van der Waals surface area contributed by atoms with E-state index < -0.39 is 22.0 Å². The Morgan fingerprint density at radius 3 is 2.51 bits per heavy atom. The molecule has 0 aliphatic heterocycles. The van der Waals surface area contributed by atoms with Crippen LogP contribution in [0.3, 0.4) is 0 Å². The van der Waals surface area contributed by atoms with E-state index in [9.17, 15) is 18.0 Å². The average Bonchev–Trinajstić information content (AvgIpc) is 3.29. The van der Waals surface area contributed by atoms with Crippen LogP contribution in [-0.4, -0.2) is 38.2 Å². The Morgan fingerprint density at radius 1 is 1.09 bits per heavy atom. The van der Waals surface area contributed by atoms with Crippen LogP contribution >= 0.6 is 0 Å². The monoisotopic (exact) mass is 605 g/mol. The lowest BCUT2D eigenvalue weighted by Gasteiger charge is -2.21. The number of fused-ring (bicyclic) bond motifs is 1. The third-order valence-corrected chi connectivity index (χ3v) is 9.17. The predicted molar refractivity (Wildman–Crippen MR) is 170 cm³/mol. The fourth-order valence-corrected chi connectivity index (χ4v) is 6.62. The summed E-state index contributed by atoms with van der Waals surface area (Å²) in [5.74, 6) is -0.330. The number of nitrogens with zero attached hydrogens (tertiary/aromatic N) is 1. The molecule has 0 spiro atoms. The molecule has 0 radical (unpaired) electrons. The molecule has 4 rings (SSSR count). The van der Waals surface area contributed by atoms with Gasteiger partial charge in [0.05, 0.1) is 12.0 Å². The van der Waals surface area contributed by atoms with Crippen molar-refractivity contribution < 1.29 is 27.5 Å². The second-order valence-corrected chi connectivity index (χ2v) is 12.3. The van der Waals surface area contributed by atoms with Crippen LogP contribution in [-0.2, 0) is 28.2 Å². The lowest BCUT2D eigenvalue weighted by atomic mass is 9.98. The number of nitrogens with one attached hydrogen (secondary N) is 2. The Balaban J connectivity index is 1.54. The van der Waals surface area contributed by atoms with Gasteiger partial charge in [0.15, 0.2) is 0 Å². The second-order valence-electron chi connectivity index (χ2n) is 10.7. The number of aryl methyl sites for hydroxylation is 1. The van der Waals surface area contributed by atoms with Gasteiger partial charge in [0.1, 0.15) is 11.9 Å². The Labute approximate surface area is 253 Å². The maximum atomic E-state index is 13.0. The van der Waals surface area contributed by atoms with Crippen molar-refractivity contribution in [1.82, 2.24) is 9.29 Å². The molecule has 1 aliphatic rings. The number of sulfonamides is 1. The molecule has 43 heavy (non-hydrogen) atoms. The van der Waals surface area contributed by atoms with Crippen LogP contribution in [0.15, 0.2) is 77.9 Å². The van der Waals surface area contributed by atoms with Crippen molar-refractivity contribution in [2.75, 3.05) is 12.4 Å². The molecule has 10 heteroatoms. The summed E-state index contributed by atoms with van der Waals surface area (Å²) in [5.41, 5.74) is 4.05. The summed E-state index contributed by atoms with van der Waals surface area (Å²) < 4.78 is 41.2. The van der Waals surface area contributed by atoms with Gasteiger partial charge in [0.25, 0.3) is 15.9 Å². The number of rotatable bonds is 10. The Hall–Kier alpha value is -4.31. The topological polar surface area (TPSA) is 116 Å². The Bertz CT molecular complexity index is 1690. The average molecular weight is 606 g/mol. The fraction of sp³-hybridized carbons (Fsp3) is 0.333. The molecule has 0 unspecified atom stereocenters. The van der Waals surface area contributed by atoms with Crippen molar-refractivity contribution in [1.29, 1.82) is 0 Å². The quantitative estimate of drug-likeness (QED) is 0.247. The van der Waals surface area contributed by atoms with Gasteiger partial charge in [-0.3, -0.25) is 10.1 Å². The van der Waals surface area contributed by atoms with Crippen LogP contribution in [0.25, 0.3) is 10.9 Å². The summed E-state index contributed by atoms with van der Waals surface area (Å²) in [6, 6.07) is 10.6. The van der Waals surface area contributed by atoms with E-state index in [2.05, 4.69) is 16.6 Å². The van der Waals surface area contributed by atoms with E-state index in [0.29, 0.717) is 23.4 Å². The summed E-state index contributed by atoms with van der Waals surface area (Å²) >= 11 is 0. The van der Waals surface area contributed by atoms with Crippen molar-refractivity contribution >= 4 is 38.6 Å². The molecule has 2 amide bonds. The van der Waals surface area contributed by atoms with Crippen molar-refractivity contribution in [2.24, 2.45) is 7.05 Å². The Morgan fingerprint density at radius 2 is 1.84 bits per heavy atom. The minimum Gasteiger partial charge on any atom is -0.496 e. The zero-order chi connectivity index (χ0) is 31.1. The number of methoxy groups -OCH3 is 1. The molecule has 2 N–H and O–H groups in total. The summed E-state index contributed by atoms with van der Waals surface area (Å²) in [6.07, 6.45) is 11.5. The van der Waals surface area contributed by atoms with Gasteiger partial charge in [0, 0.05) is 41.8 Å². The molecular weight excluding hydrogens is 566 g/mol. The van der Waals surface area contributed by atoms with Gasteiger partial charge in [-0.05, 0) is 92.6 Å². The standard InChI is InChI=1S/C33H39N3O6S/c1-6-11-31(22(3)7-2)43(39,40)35-32(37)24-15-14-23(30(19-24)41-5)18-25-21-36(4)29-17-16-26(20-28(25)29)34-33(38)42-27-12-9-8-10-13-27/h6-7,11,14-17,19-21,27H,1,8-10,12-13,18H2,2-5H3,(H,34,38)(H,35,37)/b22-7-,31-11+. The lowest BCUT2D eigenvalue weighted by molar-refractivity contribution is 0.0864. The zero-order valence-electron chi connectivity index (χ0n) is 25.1. The van der Waals surface area contributed by atoms with Crippen LogP contribution in [0.2, 0.25) is 0 Å². The molecule has 0 saturated heterocycles. The molecule has 1 aliphatic carbocycles. The van der Waals surface area contributed by atoms with Crippen molar-refractivity contribution in [2.45, 2.75) is 58.5 Å². The van der Waals surface area contributed by atoms with Crippen molar-refractivity contribution in [3.63, 3.8) is 0 Å². The molecule has 2 aromatic carbocycles. The summed E-state index contributed by atoms with van der Waals surface area (Å²) in [4.78, 5) is 25.5. The van der Waals surface area contributed by atoms with Crippen LogP contribution in [0.1, 0.15) is 67.4 Å². The maximum Gasteiger partial charge on any atom is 0.411 e. The van der Waals surface area contributed by atoms with Gasteiger partial charge in [-0.2, -0.15) is 0 Å². The predicted octanol–water partition coefficient (Wildman–Crippen LogP) is 6.75. The molecule has 9 nitrogen and oxygen atoms in total. The van der Waals surface area contributed by atoms with E-state index in [0.717, 1.165) is 47.7 Å². The van der Waals surface area contributed by atoms with Crippen molar-refractivity contribution in [3.05, 3.63) is 94.6 Å². The van der Waals surface area contributed by atoms with E-state index in [-0.39, 0.29) is 16.6 Å². The molecular formula is C33H39N3O6S. The second kappa shape index (κ2) is 13.8.